The number of halogens is 1. The van der Waals surface area contributed by atoms with E-state index in [-0.39, 0.29) is 5.41 Å². The molecule has 6 heteroatoms. The van der Waals surface area contributed by atoms with E-state index in [1.807, 2.05) is 63.2 Å². The molecule has 0 bridgehead atoms. The largest absolute Gasteiger partial charge is 0.477 e. The number of hydrogen-bond acceptors (Lipinski definition) is 3. The topological polar surface area (TPSA) is 77.8 Å². The van der Waals surface area contributed by atoms with Crippen LogP contribution in [-0.2, 0) is 9.59 Å². The molecule has 1 aromatic carbocycles. The van der Waals surface area contributed by atoms with Crippen molar-refractivity contribution in [2.45, 2.75) is 26.7 Å². The van der Waals surface area contributed by atoms with Crippen LogP contribution in [0, 0.1) is 5.41 Å². The third-order valence-corrected chi connectivity index (χ3v) is 4.92. The summed E-state index contributed by atoms with van der Waals surface area (Å²) in [5.74, 6) is -2.96. The number of aliphatic carboxylic acids is 2. The number of benzene rings is 1. The lowest BCUT2D eigenvalue weighted by molar-refractivity contribution is -0.140. The molecular formula is C21H24ClNO4. The van der Waals surface area contributed by atoms with Gasteiger partial charge in [0, 0.05) is 24.8 Å². The Hall–Kier alpha value is -2.53. The Kier molecular flexibility index (Phi) is 6.16. The van der Waals surface area contributed by atoms with Crippen molar-refractivity contribution in [1.29, 1.82) is 0 Å². The van der Waals surface area contributed by atoms with E-state index in [0.29, 0.717) is 23.4 Å². The molecular weight excluding hydrogens is 366 g/mol. The molecule has 0 amide bonds. The predicted molar refractivity (Wildman–Crippen MR) is 108 cm³/mol. The van der Waals surface area contributed by atoms with Gasteiger partial charge in [-0.2, -0.15) is 0 Å². The van der Waals surface area contributed by atoms with Gasteiger partial charge < -0.3 is 15.1 Å². The Balaban J connectivity index is 2.50. The molecule has 1 aliphatic carbocycles. The maximum Gasteiger partial charge on any atom is 0.343 e. The minimum atomic E-state index is -1.48. The van der Waals surface area contributed by atoms with E-state index in [9.17, 15) is 9.59 Å². The summed E-state index contributed by atoms with van der Waals surface area (Å²) >= 11 is 6.53. The molecule has 0 aromatic heterocycles. The molecule has 2 rings (SSSR count). The number of carboxylic acids is 2. The molecule has 0 aliphatic heterocycles. The molecule has 0 unspecified atom stereocenters. The van der Waals surface area contributed by atoms with Gasteiger partial charge >= 0.3 is 11.9 Å². The third kappa shape index (κ3) is 5.23. The van der Waals surface area contributed by atoms with Crippen molar-refractivity contribution in [3.05, 3.63) is 57.7 Å². The summed E-state index contributed by atoms with van der Waals surface area (Å²) in [7, 11) is 3.94. The standard InChI is InChI=1S/C21H24ClNO4/c1-21(2)11-14(9-13-5-7-16(8-6-13)23(3)4)18(22)15(12-21)10-17(19(24)25)20(26)27/h5-10H,11-12H2,1-4H3,(H,24,25)(H,26,27)/b14-9+. The summed E-state index contributed by atoms with van der Waals surface area (Å²) in [6, 6.07) is 7.99. The molecule has 1 aliphatic rings. The summed E-state index contributed by atoms with van der Waals surface area (Å²) in [5.41, 5.74) is 2.61. The first-order chi connectivity index (χ1) is 12.5. The number of hydrogen-bond donors (Lipinski definition) is 2. The van der Waals surface area contributed by atoms with Crippen molar-refractivity contribution in [1.82, 2.24) is 0 Å². The van der Waals surface area contributed by atoms with Crippen LogP contribution in [0.1, 0.15) is 32.3 Å². The summed E-state index contributed by atoms with van der Waals surface area (Å²) in [6.07, 6.45) is 4.37. The van der Waals surface area contributed by atoms with E-state index < -0.39 is 17.5 Å². The quantitative estimate of drug-likeness (QED) is 0.439. The molecule has 2 N–H and O–H groups in total. The van der Waals surface area contributed by atoms with Gasteiger partial charge in [-0.1, -0.05) is 43.7 Å². The van der Waals surface area contributed by atoms with Crippen LogP contribution < -0.4 is 4.90 Å². The lowest BCUT2D eigenvalue weighted by Gasteiger charge is -2.32. The SMILES string of the molecule is CN(C)c1ccc(/C=C2\CC(C)(C)CC(C=C(C(=O)O)C(=O)O)=C2Cl)cc1. The highest BCUT2D eigenvalue weighted by Crippen LogP contribution is 2.44. The van der Waals surface area contributed by atoms with Crippen molar-refractivity contribution in [3.63, 3.8) is 0 Å². The van der Waals surface area contributed by atoms with Gasteiger partial charge in [0.2, 0.25) is 0 Å². The molecule has 5 nitrogen and oxygen atoms in total. The Bertz CT molecular complexity index is 829. The van der Waals surface area contributed by atoms with E-state index in [1.165, 1.54) is 6.08 Å². The maximum atomic E-state index is 11.2. The van der Waals surface area contributed by atoms with E-state index >= 15 is 0 Å². The average molecular weight is 390 g/mol. The number of allylic oxidation sites excluding steroid dienone is 4. The molecule has 27 heavy (non-hydrogen) atoms. The van der Waals surface area contributed by atoms with Crippen LogP contribution in [0.5, 0.6) is 0 Å². The van der Waals surface area contributed by atoms with Gasteiger partial charge in [-0.05, 0) is 53.2 Å². The van der Waals surface area contributed by atoms with Crippen molar-refractivity contribution in [3.8, 4) is 0 Å². The third-order valence-electron chi connectivity index (χ3n) is 4.43. The summed E-state index contributed by atoms with van der Waals surface area (Å²) in [4.78, 5) is 24.4. The first-order valence-corrected chi connectivity index (χ1v) is 8.93. The van der Waals surface area contributed by atoms with Gasteiger partial charge in [0.05, 0.1) is 0 Å². The van der Waals surface area contributed by atoms with Crippen molar-refractivity contribution >= 4 is 35.3 Å². The number of nitrogens with zero attached hydrogens (tertiary/aromatic N) is 1. The van der Waals surface area contributed by atoms with Crippen molar-refractivity contribution in [2.24, 2.45) is 5.41 Å². The molecule has 144 valence electrons. The molecule has 0 radical (unpaired) electrons. The molecule has 0 atom stereocenters. The highest BCUT2D eigenvalue weighted by Gasteiger charge is 2.30. The lowest BCUT2D eigenvalue weighted by Crippen LogP contribution is -2.20. The minimum Gasteiger partial charge on any atom is -0.477 e. The lowest BCUT2D eigenvalue weighted by atomic mass is 9.74. The van der Waals surface area contributed by atoms with Gasteiger partial charge in [0.1, 0.15) is 5.57 Å². The monoisotopic (exact) mass is 389 g/mol. The maximum absolute atomic E-state index is 11.2. The molecule has 0 saturated carbocycles. The second-order valence-electron chi connectivity index (χ2n) is 7.68. The van der Waals surface area contributed by atoms with E-state index in [4.69, 9.17) is 21.8 Å². The fraction of sp³-hybridized carbons (Fsp3) is 0.333. The van der Waals surface area contributed by atoms with Crippen LogP contribution in [0.3, 0.4) is 0 Å². The van der Waals surface area contributed by atoms with Crippen LogP contribution in [0.4, 0.5) is 5.69 Å². The Labute approximate surface area is 164 Å². The zero-order valence-corrected chi connectivity index (χ0v) is 16.7. The first-order valence-electron chi connectivity index (χ1n) is 8.55. The molecule has 0 heterocycles. The van der Waals surface area contributed by atoms with Crippen molar-refractivity contribution < 1.29 is 19.8 Å². The minimum absolute atomic E-state index is 0.165. The van der Waals surface area contributed by atoms with Crippen LogP contribution in [-0.4, -0.2) is 36.2 Å². The fourth-order valence-corrected chi connectivity index (χ4v) is 3.39. The highest BCUT2D eigenvalue weighted by molar-refractivity contribution is 6.33. The summed E-state index contributed by atoms with van der Waals surface area (Å²) < 4.78 is 0. The summed E-state index contributed by atoms with van der Waals surface area (Å²) in [5, 5.41) is 18.7. The Morgan fingerprint density at radius 3 is 2.11 bits per heavy atom. The van der Waals surface area contributed by atoms with Crippen LogP contribution in [0.2, 0.25) is 0 Å². The zero-order valence-electron chi connectivity index (χ0n) is 15.9. The van der Waals surface area contributed by atoms with Crippen molar-refractivity contribution in [2.75, 3.05) is 19.0 Å². The molecule has 1 aromatic rings. The highest BCUT2D eigenvalue weighted by atomic mass is 35.5. The van der Waals surface area contributed by atoms with Gasteiger partial charge in [0.15, 0.2) is 0 Å². The van der Waals surface area contributed by atoms with Crippen LogP contribution >= 0.6 is 11.6 Å². The van der Waals surface area contributed by atoms with Gasteiger partial charge in [-0.3, -0.25) is 0 Å². The van der Waals surface area contributed by atoms with Gasteiger partial charge in [-0.25, -0.2) is 9.59 Å². The Morgan fingerprint density at radius 2 is 1.63 bits per heavy atom. The zero-order chi connectivity index (χ0) is 20.4. The summed E-state index contributed by atoms with van der Waals surface area (Å²) in [6.45, 7) is 4.10. The molecule has 0 saturated heterocycles. The smallest absolute Gasteiger partial charge is 0.343 e. The second-order valence-corrected chi connectivity index (χ2v) is 8.06. The van der Waals surface area contributed by atoms with E-state index in [1.54, 1.807) is 0 Å². The van der Waals surface area contributed by atoms with E-state index in [0.717, 1.165) is 16.8 Å². The van der Waals surface area contributed by atoms with E-state index in [2.05, 4.69) is 0 Å². The normalized spacial score (nSPS) is 17.6. The number of anilines is 1. The van der Waals surface area contributed by atoms with Crippen LogP contribution in [0.15, 0.2) is 52.1 Å². The van der Waals surface area contributed by atoms with Crippen LogP contribution in [0.25, 0.3) is 6.08 Å². The fourth-order valence-electron chi connectivity index (χ4n) is 3.14. The number of rotatable bonds is 5. The average Bonchev–Trinajstić information content (AvgIpc) is 2.55. The molecule has 0 fully saturated rings. The second kappa shape index (κ2) is 8.01. The molecule has 0 spiro atoms. The predicted octanol–water partition coefficient (Wildman–Crippen LogP) is 4.54. The number of carbonyl (C=O) groups is 2. The Morgan fingerprint density at radius 1 is 1.07 bits per heavy atom. The first kappa shape index (κ1) is 20.8. The number of carboxylic acid groups (broad SMARTS) is 2. The van der Waals surface area contributed by atoms with Gasteiger partial charge in [0.25, 0.3) is 0 Å². The van der Waals surface area contributed by atoms with Gasteiger partial charge in [-0.15, -0.1) is 0 Å².